The number of carboxylic acid groups (broad SMARTS) is 1. The molecule has 0 aromatic carbocycles. The summed E-state index contributed by atoms with van der Waals surface area (Å²) in [4.78, 5) is 26.4. The summed E-state index contributed by atoms with van der Waals surface area (Å²) >= 11 is 0. The Morgan fingerprint density at radius 2 is 2.18 bits per heavy atom. The van der Waals surface area contributed by atoms with E-state index in [9.17, 15) is 14.7 Å². The van der Waals surface area contributed by atoms with Gasteiger partial charge in [0.2, 0.25) is 0 Å². The van der Waals surface area contributed by atoms with Gasteiger partial charge in [-0.3, -0.25) is 9.78 Å². The van der Waals surface area contributed by atoms with Gasteiger partial charge in [-0.05, 0) is 24.5 Å². The van der Waals surface area contributed by atoms with Crippen LogP contribution in [0.2, 0.25) is 0 Å². The number of pyridine rings is 1. The van der Waals surface area contributed by atoms with Crippen molar-refractivity contribution in [1.82, 2.24) is 10.3 Å². The summed E-state index contributed by atoms with van der Waals surface area (Å²) in [5.74, 6) is -1.56. The van der Waals surface area contributed by atoms with Crippen LogP contribution in [0.5, 0.6) is 0 Å². The number of rotatable bonds is 5. The standard InChI is InChI=1S/C12H16N2O3/c1-8(2)6-10(12(16)17)14-11(15)9-4-3-5-13-7-9/h3-5,7-8,10H,6H2,1-2H3,(H,14,15)(H,16,17)/p-1/t10-/m0/s1. The van der Waals surface area contributed by atoms with E-state index >= 15 is 0 Å². The van der Waals surface area contributed by atoms with Crippen molar-refractivity contribution in [2.24, 2.45) is 5.92 Å². The van der Waals surface area contributed by atoms with Crippen LogP contribution in [0.1, 0.15) is 30.6 Å². The molecule has 0 radical (unpaired) electrons. The first-order valence-electron chi connectivity index (χ1n) is 5.42. The molecule has 0 saturated carbocycles. The van der Waals surface area contributed by atoms with Gasteiger partial charge in [-0.1, -0.05) is 13.8 Å². The predicted octanol–water partition coefficient (Wildman–Crippen LogP) is -0.0240. The van der Waals surface area contributed by atoms with Gasteiger partial charge in [0.25, 0.3) is 5.91 Å². The second-order valence-electron chi connectivity index (χ2n) is 4.22. The molecule has 0 aliphatic rings. The second-order valence-corrected chi connectivity index (χ2v) is 4.22. The van der Waals surface area contributed by atoms with E-state index in [0.29, 0.717) is 12.0 Å². The van der Waals surface area contributed by atoms with Crippen molar-refractivity contribution in [2.75, 3.05) is 0 Å². The molecule has 1 rings (SSSR count). The first kappa shape index (κ1) is 13.2. The average molecular weight is 235 g/mol. The molecule has 1 N–H and O–H groups in total. The van der Waals surface area contributed by atoms with Crippen LogP contribution in [0.3, 0.4) is 0 Å². The minimum atomic E-state index is -1.27. The zero-order chi connectivity index (χ0) is 12.8. The summed E-state index contributed by atoms with van der Waals surface area (Å²) in [7, 11) is 0. The van der Waals surface area contributed by atoms with E-state index in [1.54, 1.807) is 18.3 Å². The van der Waals surface area contributed by atoms with Crippen LogP contribution in [-0.2, 0) is 4.79 Å². The Kier molecular flexibility index (Phi) is 4.63. The minimum absolute atomic E-state index is 0.159. The molecule has 0 unspecified atom stereocenters. The Hall–Kier alpha value is -1.91. The first-order chi connectivity index (χ1) is 8.00. The maximum Gasteiger partial charge on any atom is 0.253 e. The number of aromatic nitrogens is 1. The normalized spacial score (nSPS) is 12.2. The number of carboxylic acids is 1. The molecule has 0 aliphatic heterocycles. The number of hydrogen-bond donors (Lipinski definition) is 1. The number of carbonyl (C=O) groups is 2. The highest BCUT2D eigenvalue weighted by atomic mass is 16.4. The van der Waals surface area contributed by atoms with E-state index < -0.39 is 17.9 Å². The summed E-state index contributed by atoms with van der Waals surface area (Å²) in [5, 5.41) is 13.3. The van der Waals surface area contributed by atoms with Gasteiger partial charge < -0.3 is 15.2 Å². The fraction of sp³-hybridized carbons (Fsp3) is 0.417. The highest BCUT2D eigenvalue weighted by Gasteiger charge is 2.16. The van der Waals surface area contributed by atoms with Crippen molar-refractivity contribution in [3.63, 3.8) is 0 Å². The molecule has 0 bridgehead atoms. The third-order valence-electron chi connectivity index (χ3n) is 2.22. The van der Waals surface area contributed by atoms with Crippen LogP contribution in [-0.4, -0.2) is 22.9 Å². The van der Waals surface area contributed by atoms with Gasteiger partial charge >= 0.3 is 0 Å². The first-order valence-corrected chi connectivity index (χ1v) is 5.42. The number of nitrogens with zero attached hydrogens (tertiary/aromatic N) is 1. The van der Waals surface area contributed by atoms with Crippen LogP contribution in [0.15, 0.2) is 24.5 Å². The summed E-state index contributed by atoms with van der Waals surface area (Å²) in [6.45, 7) is 3.76. The predicted molar refractivity (Wildman–Crippen MR) is 60.0 cm³/mol. The van der Waals surface area contributed by atoms with Crippen molar-refractivity contribution in [3.05, 3.63) is 30.1 Å². The molecule has 0 saturated heterocycles. The number of nitrogens with one attached hydrogen (secondary N) is 1. The summed E-state index contributed by atoms with van der Waals surface area (Å²) in [5.41, 5.74) is 0.336. The fourth-order valence-corrected chi connectivity index (χ4v) is 1.42. The van der Waals surface area contributed by atoms with Crippen LogP contribution >= 0.6 is 0 Å². The molecule has 1 amide bonds. The fourth-order valence-electron chi connectivity index (χ4n) is 1.42. The van der Waals surface area contributed by atoms with Gasteiger partial charge in [0.05, 0.1) is 17.6 Å². The zero-order valence-corrected chi connectivity index (χ0v) is 9.84. The van der Waals surface area contributed by atoms with E-state index in [4.69, 9.17) is 0 Å². The molecule has 17 heavy (non-hydrogen) atoms. The van der Waals surface area contributed by atoms with Gasteiger partial charge in [-0.15, -0.1) is 0 Å². The number of aliphatic carboxylic acids is 1. The maximum atomic E-state index is 11.7. The van der Waals surface area contributed by atoms with E-state index in [2.05, 4.69) is 10.3 Å². The Labute approximate surface area is 99.9 Å². The molecule has 1 aromatic heterocycles. The average Bonchev–Trinajstić information content (AvgIpc) is 2.28. The van der Waals surface area contributed by atoms with Crippen molar-refractivity contribution in [2.45, 2.75) is 26.3 Å². The number of carbonyl (C=O) groups excluding carboxylic acids is 2. The third kappa shape index (κ3) is 4.22. The second kappa shape index (κ2) is 5.98. The van der Waals surface area contributed by atoms with Crippen LogP contribution in [0.25, 0.3) is 0 Å². The van der Waals surface area contributed by atoms with Gasteiger partial charge in [-0.25, -0.2) is 0 Å². The highest BCUT2D eigenvalue weighted by Crippen LogP contribution is 2.05. The summed E-state index contributed by atoms with van der Waals surface area (Å²) in [6, 6.07) is 2.22. The van der Waals surface area contributed by atoms with E-state index in [0.717, 1.165) is 0 Å². The molecular weight excluding hydrogens is 220 g/mol. The summed E-state index contributed by atoms with van der Waals surface area (Å²) < 4.78 is 0. The molecule has 92 valence electrons. The van der Waals surface area contributed by atoms with Gasteiger partial charge in [0.1, 0.15) is 0 Å². The van der Waals surface area contributed by atoms with E-state index in [1.807, 2.05) is 13.8 Å². The topological polar surface area (TPSA) is 82.1 Å². The summed E-state index contributed by atoms with van der Waals surface area (Å²) in [6.07, 6.45) is 3.27. The quantitative estimate of drug-likeness (QED) is 0.777. The number of hydrogen-bond acceptors (Lipinski definition) is 4. The van der Waals surface area contributed by atoms with Crippen LogP contribution < -0.4 is 10.4 Å². The molecular formula is C12H15N2O3-. The molecule has 1 heterocycles. The molecule has 5 heteroatoms. The number of amides is 1. The Morgan fingerprint density at radius 1 is 1.47 bits per heavy atom. The molecule has 5 nitrogen and oxygen atoms in total. The van der Waals surface area contributed by atoms with Crippen LogP contribution in [0, 0.1) is 5.92 Å². The lowest BCUT2D eigenvalue weighted by Gasteiger charge is -2.21. The van der Waals surface area contributed by atoms with Crippen molar-refractivity contribution in [3.8, 4) is 0 Å². The van der Waals surface area contributed by atoms with E-state index in [-0.39, 0.29) is 5.92 Å². The van der Waals surface area contributed by atoms with Crippen molar-refractivity contribution < 1.29 is 14.7 Å². The Bertz CT molecular complexity index is 390. The largest absolute Gasteiger partial charge is 0.548 e. The Morgan fingerprint density at radius 3 is 2.65 bits per heavy atom. The molecule has 0 fully saturated rings. The van der Waals surface area contributed by atoms with E-state index in [1.165, 1.54) is 6.20 Å². The van der Waals surface area contributed by atoms with Gasteiger partial charge in [0, 0.05) is 12.4 Å². The molecule has 0 spiro atoms. The molecule has 1 aromatic rings. The minimum Gasteiger partial charge on any atom is -0.548 e. The van der Waals surface area contributed by atoms with Crippen molar-refractivity contribution >= 4 is 11.9 Å². The molecule has 1 atom stereocenters. The van der Waals surface area contributed by atoms with Crippen molar-refractivity contribution in [1.29, 1.82) is 0 Å². The van der Waals surface area contributed by atoms with Gasteiger partial charge in [-0.2, -0.15) is 0 Å². The smallest absolute Gasteiger partial charge is 0.253 e. The monoisotopic (exact) mass is 235 g/mol. The SMILES string of the molecule is CC(C)C[C@H](NC(=O)c1cccnc1)C(=O)[O-]. The highest BCUT2D eigenvalue weighted by molar-refractivity contribution is 5.96. The molecule has 0 aliphatic carbocycles. The van der Waals surface area contributed by atoms with Gasteiger partial charge in [0.15, 0.2) is 0 Å². The van der Waals surface area contributed by atoms with Crippen LogP contribution in [0.4, 0.5) is 0 Å². The Balaban J connectivity index is 2.68. The zero-order valence-electron chi connectivity index (χ0n) is 9.84. The lowest BCUT2D eigenvalue weighted by atomic mass is 10.0. The third-order valence-corrected chi connectivity index (χ3v) is 2.22. The lowest BCUT2D eigenvalue weighted by molar-refractivity contribution is -0.308. The maximum absolute atomic E-state index is 11.7. The lowest BCUT2D eigenvalue weighted by Crippen LogP contribution is -2.48.